The van der Waals surface area contributed by atoms with Crippen LogP contribution in [0.5, 0.6) is 0 Å². The van der Waals surface area contributed by atoms with Gasteiger partial charge in [-0.15, -0.1) is 0 Å². The lowest BCUT2D eigenvalue weighted by atomic mass is 9.99. The van der Waals surface area contributed by atoms with Gasteiger partial charge in [-0.2, -0.15) is 0 Å². The molecule has 2 unspecified atom stereocenters. The molecule has 1 aliphatic carbocycles. The Bertz CT molecular complexity index is 923. The summed E-state index contributed by atoms with van der Waals surface area (Å²) in [5.74, 6) is -0.352. The van der Waals surface area contributed by atoms with Crippen molar-refractivity contribution in [2.75, 3.05) is 32.7 Å². The van der Waals surface area contributed by atoms with Crippen LogP contribution >= 0.6 is 0 Å². The van der Waals surface area contributed by atoms with Gasteiger partial charge in [-0.05, 0) is 55.2 Å². The van der Waals surface area contributed by atoms with Gasteiger partial charge in [0.25, 0.3) is 0 Å². The van der Waals surface area contributed by atoms with Gasteiger partial charge >= 0.3 is 0 Å². The molecule has 0 aromatic heterocycles. The van der Waals surface area contributed by atoms with Gasteiger partial charge in [0.15, 0.2) is 0 Å². The van der Waals surface area contributed by atoms with Gasteiger partial charge in [0.2, 0.25) is 11.8 Å². The molecule has 4 rings (SSSR count). The van der Waals surface area contributed by atoms with Gasteiger partial charge in [0.05, 0.1) is 18.6 Å². The first-order valence-corrected chi connectivity index (χ1v) is 10.8. The Morgan fingerprint density at radius 2 is 1.97 bits per heavy atom. The smallest absolute Gasteiger partial charge is 0.237 e. The average molecular weight is 426 g/mol. The number of rotatable bonds is 5. The van der Waals surface area contributed by atoms with E-state index in [4.69, 9.17) is 0 Å². The normalized spacial score (nSPS) is 24.0. The van der Waals surface area contributed by atoms with E-state index < -0.39 is 6.10 Å². The zero-order valence-electron chi connectivity index (χ0n) is 17.5. The second kappa shape index (κ2) is 9.58. The average Bonchev–Trinajstić information content (AvgIpc) is 3.25. The lowest BCUT2D eigenvalue weighted by molar-refractivity contribution is -0.132. The van der Waals surface area contributed by atoms with Gasteiger partial charge in [-0.25, -0.2) is 4.39 Å². The van der Waals surface area contributed by atoms with Crippen molar-refractivity contribution in [2.45, 2.75) is 25.4 Å². The van der Waals surface area contributed by atoms with Gasteiger partial charge in [-0.3, -0.25) is 14.5 Å². The van der Waals surface area contributed by atoms with E-state index in [9.17, 15) is 19.1 Å². The third kappa shape index (κ3) is 5.48. The lowest BCUT2D eigenvalue weighted by Gasteiger charge is -2.28. The standard InChI is InChI=1S/C24H28FN3O3/c25-20-3-1-17(2-4-20)18-10-13-28(14-11-18)23(30)16-27-12-9-19(15-27)24(31)26-21-5-7-22(29)8-6-21/h1-7,10,19,22,29H,8-9,11-16H2,(H,26,31). The van der Waals surface area contributed by atoms with Crippen molar-refractivity contribution in [1.82, 2.24) is 15.1 Å². The number of hydrogen-bond donors (Lipinski definition) is 2. The van der Waals surface area contributed by atoms with Crippen LogP contribution in [-0.4, -0.2) is 65.5 Å². The maximum atomic E-state index is 13.1. The molecule has 0 spiro atoms. The van der Waals surface area contributed by atoms with Crippen LogP contribution in [0.25, 0.3) is 5.57 Å². The van der Waals surface area contributed by atoms with Crippen LogP contribution in [0.2, 0.25) is 0 Å². The molecule has 1 saturated heterocycles. The van der Waals surface area contributed by atoms with E-state index in [-0.39, 0.29) is 23.5 Å². The Morgan fingerprint density at radius 1 is 1.16 bits per heavy atom. The predicted octanol–water partition coefficient (Wildman–Crippen LogP) is 2.08. The van der Waals surface area contributed by atoms with Crippen molar-refractivity contribution < 1.29 is 19.1 Å². The highest BCUT2D eigenvalue weighted by atomic mass is 19.1. The monoisotopic (exact) mass is 425 g/mol. The summed E-state index contributed by atoms with van der Waals surface area (Å²) in [7, 11) is 0. The number of nitrogens with one attached hydrogen (secondary N) is 1. The second-order valence-corrected chi connectivity index (χ2v) is 8.36. The van der Waals surface area contributed by atoms with Crippen LogP contribution < -0.4 is 5.32 Å². The molecule has 2 amide bonds. The summed E-state index contributed by atoms with van der Waals surface area (Å²) in [5, 5.41) is 12.4. The molecule has 3 aliphatic rings. The number of benzene rings is 1. The zero-order chi connectivity index (χ0) is 21.8. The number of allylic oxidation sites excluding steroid dienone is 1. The minimum atomic E-state index is -0.481. The third-order valence-corrected chi connectivity index (χ3v) is 6.12. The zero-order valence-corrected chi connectivity index (χ0v) is 17.5. The first kappa shape index (κ1) is 21.5. The van der Waals surface area contributed by atoms with E-state index in [1.54, 1.807) is 24.3 Å². The Morgan fingerprint density at radius 3 is 2.65 bits per heavy atom. The molecule has 31 heavy (non-hydrogen) atoms. The number of hydrogen-bond acceptors (Lipinski definition) is 4. The van der Waals surface area contributed by atoms with E-state index in [1.807, 2.05) is 22.0 Å². The van der Waals surface area contributed by atoms with Gasteiger partial charge in [-0.1, -0.05) is 30.4 Å². The first-order chi connectivity index (χ1) is 15.0. The molecule has 2 atom stereocenters. The molecule has 0 saturated carbocycles. The number of amides is 2. The summed E-state index contributed by atoms with van der Waals surface area (Å²) < 4.78 is 13.1. The van der Waals surface area contributed by atoms with Gasteiger partial charge < -0.3 is 15.3 Å². The number of aliphatic hydroxyl groups excluding tert-OH is 1. The van der Waals surface area contributed by atoms with Crippen LogP contribution in [0.3, 0.4) is 0 Å². The molecule has 6 nitrogen and oxygen atoms in total. The molecule has 2 N–H and O–H groups in total. The fourth-order valence-corrected chi connectivity index (χ4v) is 4.25. The minimum absolute atomic E-state index is 0.0351. The van der Waals surface area contributed by atoms with E-state index in [0.29, 0.717) is 32.6 Å². The molecular weight excluding hydrogens is 397 g/mol. The summed E-state index contributed by atoms with van der Waals surface area (Å²) in [4.78, 5) is 29.1. The van der Waals surface area contributed by atoms with Crippen LogP contribution in [0.15, 0.2) is 54.3 Å². The van der Waals surface area contributed by atoms with E-state index in [2.05, 4.69) is 5.32 Å². The Hall–Kier alpha value is -2.77. The van der Waals surface area contributed by atoms with E-state index in [1.165, 1.54) is 12.1 Å². The molecule has 1 aromatic carbocycles. The van der Waals surface area contributed by atoms with Crippen molar-refractivity contribution in [3.8, 4) is 0 Å². The summed E-state index contributed by atoms with van der Waals surface area (Å²) in [6.45, 7) is 2.81. The number of nitrogens with zero attached hydrogens (tertiary/aromatic N) is 2. The molecule has 0 radical (unpaired) electrons. The number of carbonyl (C=O) groups is 2. The van der Waals surface area contributed by atoms with Crippen molar-refractivity contribution in [1.29, 1.82) is 0 Å². The highest BCUT2D eigenvalue weighted by Gasteiger charge is 2.31. The summed E-state index contributed by atoms with van der Waals surface area (Å²) in [5.41, 5.74) is 2.86. The summed E-state index contributed by atoms with van der Waals surface area (Å²) in [6, 6.07) is 6.46. The lowest BCUT2D eigenvalue weighted by Crippen LogP contribution is -2.42. The summed E-state index contributed by atoms with van der Waals surface area (Å²) in [6.07, 6.45) is 8.76. The van der Waals surface area contributed by atoms with Gasteiger partial charge in [0.1, 0.15) is 5.82 Å². The predicted molar refractivity (Wildman–Crippen MR) is 116 cm³/mol. The van der Waals surface area contributed by atoms with Crippen molar-refractivity contribution in [3.05, 3.63) is 65.6 Å². The fourth-order valence-electron chi connectivity index (χ4n) is 4.25. The topological polar surface area (TPSA) is 72.9 Å². The number of carbonyl (C=O) groups excluding carboxylic acids is 2. The molecular formula is C24H28FN3O3. The van der Waals surface area contributed by atoms with Crippen molar-refractivity contribution in [2.24, 2.45) is 5.92 Å². The molecule has 2 aliphatic heterocycles. The largest absolute Gasteiger partial charge is 0.389 e. The minimum Gasteiger partial charge on any atom is -0.389 e. The molecule has 7 heteroatoms. The van der Waals surface area contributed by atoms with Crippen LogP contribution in [0.4, 0.5) is 4.39 Å². The van der Waals surface area contributed by atoms with Crippen LogP contribution in [0, 0.1) is 11.7 Å². The SMILES string of the molecule is O=C(NC1=CCC(O)C=C1)C1CCN(CC(=O)N2CC=C(c3ccc(F)cc3)CC2)C1. The molecule has 2 heterocycles. The molecule has 1 aromatic rings. The van der Waals surface area contributed by atoms with Crippen LogP contribution in [-0.2, 0) is 9.59 Å². The quantitative estimate of drug-likeness (QED) is 0.758. The molecule has 1 fully saturated rings. The van der Waals surface area contributed by atoms with Crippen LogP contribution in [0.1, 0.15) is 24.8 Å². The highest BCUT2D eigenvalue weighted by molar-refractivity contribution is 5.82. The third-order valence-electron chi connectivity index (χ3n) is 6.12. The van der Waals surface area contributed by atoms with E-state index in [0.717, 1.165) is 36.2 Å². The number of halogens is 1. The Labute approximate surface area is 181 Å². The first-order valence-electron chi connectivity index (χ1n) is 10.8. The van der Waals surface area contributed by atoms with Gasteiger partial charge in [0, 0.05) is 25.3 Å². The summed E-state index contributed by atoms with van der Waals surface area (Å²) >= 11 is 0. The number of aliphatic hydroxyl groups is 1. The molecule has 164 valence electrons. The second-order valence-electron chi connectivity index (χ2n) is 8.36. The van der Waals surface area contributed by atoms with E-state index >= 15 is 0 Å². The Kier molecular flexibility index (Phi) is 6.63. The highest BCUT2D eigenvalue weighted by Crippen LogP contribution is 2.23. The van der Waals surface area contributed by atoms with Crippen molar-refractivity contribution in [3.63, 3.8) is 0 Å². The number of likely N-dealkylation sites (tertiary alicyclic amines) is 1. The van der Waals surface area contributed by atoms with Crippen molar-refractivity contribution >= 4 is 17.4 Å². The fraction of sp³-hybridized carbons (Fsp3) is 0.417. The maximum absolute atomic E-state index is 13.1. The molecule has 0 bridgehead atoms. The Balaban J connectivity index is 1.24. The maximum Gasteiger partial charge on any atom is 0.237 e.